The van der Waals surface area contributed by atoms with Crippen LogP contribution in [0.1, 0.15) is 46.0 Å². The summed E-state index contributed by atoms with van der Waals surface area (Å²) in [5.74, 6) is 0. The summed E-state index contributed by atoms with van der Waals surface area (Å²) in [6.45, 7) is 5.42. The Morgan fingerprint density at radius 1 is 1.50 bits per heavy atom. The summed E-state index contributed by atoms with van der Waals surface area (Å²) in [5.41, 5.74) is 0. The molecule has 1 rings (SSSR count). The third kappa shape index (κ3) is 3.11. The number of hydrogen-bond donors (Lipinski definition) is 1. The first-order valence-electron chi connectivity index (χ1n) is 5.24. The van der Waals surface area contributed by atoms with Crippen molar-refractivity contribution >= 4 is 0 Å². The van der Waals surface area contributed by atoms with Crippen molar-refractivity contribution in [2.45, 2.75) is 58.2 Å². The van der Waals surface area contributed by atoms with Gasteiger partial charge >= 0.3 is 0 Å². The van der Waals surface area contributed by atoms with E-state index in [1.165, 1.54) is 32.1 Å². The molecule has 2 nitrogen and oxygen atoms in total. The van der Waals surface area contributed by atoms with E-state index < -0.39 is 0 Å². The molecule has 1 heterocycles. The van der Waals surface area contributed by atoms with Crippen LogP contribution in [-0.4, -0.2) is 18.9 Å². The van der Waals surface area contributed by atoms with Crippen LogP contribution < -0.4 is 5.32 Å². The van der Waals surface area contributed by atoms with E-state index in [1.807, 2.05) is 0 Å². The molecule has 0 radical (unpaired) electrons. The minimum absolute atomic E-state index is 0.349. The van der Waals surface area contributed by atoms with Crippen LogP contribution >= 0.6 is 0 Å². The molecule has 12 heavy (non-hydrogen) atoms. The summed E-state index contributed by atoms with van der Waals surface area (Å²) in [7, 11) is 0. The van der Waals surface area contributed by atoms with Gasteiger partial charge in [-0.2, -0.15) is 0 Å². The van der Waals surface area contributed by atoms with Crippen LogP contribution in [0, 0.1) is 0 Å². The van der Waals surface area contributed by atoms with Gasteiger partial charge in [-0.05, 0) is 25.7 Å². The molecule has 1 fully saturated rings. The first-order valence-corrected chi connectivity index (χ1v) is 5.24. The highest BCUT2D eigenvalue weighted by molar-refractivity contribution is 4.70. The molecule has 2 atom stereocenters. The summed E-state index contributed by atoms with van der Waals surface area (Å²) >= 11 is 0. The van der Waals surface area contributed by atoms with Gasteiger partial charge in [0, 0.05) is 12.6 Å². The van der Waals surface area contributed by atoms with Crippen molar-refractivity contribution in [2.24, 2.45) is 0 Å². The summed E-state index contributed by atoms with van der Waals surface area (Å²) in [6.07, 6.45) is 6.52. The Labute approximate surface area is 75.7 Å². The molecule has 0 aromatic heterocycles. The highest BCUT2D eigenvalue weighted by atomic mass is 16.5. The predicted octanol–water partition coefficient (Wildman–Crippen LogP) is 2.29. The molecule has 2 unspecified atom stereocenters. The van der Waals surface area contributed by atoms with Crippen molar-refractivity contribution < 1.29 is 4.74 Å². The average molecular weight is 171 g/mol. The molecule has 0 aliphatic carbocycles. The molecule has 0 amide bonds. The zero-order valence-corrected chi connectivity index (χ0v) is 8.31. The molecule has 0 aromatic rings. The lowest BCUT2D eigenvalue weighted by atomic mass is 10.1. The van der Waals surface area contributed by atoms with E-state index in [9.17, 15) is 0 Å². The zero-order chi connectivity index (χ0) is 8.81. The molecular weight excluding hydrogens is 150 g/mol. The standard InChI is InChI=1S/C10H21NO/c1-3-6-9(4-2)11-10-7-5-8-12-10/h9-11H,3-8H2,1-2H3. The second-order valence-corrected chi connectivity index (χ2v) is 3.56. The van der Waals surface area contributed by atoms with Crippen molar-refractivity contribution in [2.75, 3.05) is 6.61 Å². The maximum absolute atomic E-state index is 5.52. The van der Waals surface area contributed by atoms with Crippen LogP contribution in [0.2, 0.25) is 0 Å². The number of rotatable bonds is 5. The van der Waals surface area contributed by atoms with E-state index in [4.69, 9.17) is 4.74 Å². The lowest BCUT2D eigenvalue weighted by Gasteiger charge is -2.20. The minimum Gasteiger partial charge on any atom is -0.363 e. The topological polar surface area (TPSA) is 21.3 Å². The normalized spacial score (nSPS) is 26.0. The monoisotopic (exact) mass is 171 g/mol. The van der Waals surface area contributed by atoms with Gasteiger partial charge < -0.3 is 4.74 Å². The second kappa shape index (κ2) is 5.55. The number of ether oxygens (including phenoxy) is 1. The maximum Gasteiger partial charge on any atom is 0.108 e. The first-order chi connectivity index (χ1) is 5.86. The van der Waals surface area contributed by atoms with Crippen molar-refractivity contribution in [3.8, 4) is 0 Å². The van der Waals surface area contributed by atoms with Crippen LogP contribution in [0.25, 0.3) is 0 Å². The van der Waals surface area contributed by atoms with E-state index in [-0.39, 0.29) is 0 Å². The molecule has 1 saturated heterocycles. The summed E-state index contributed by atoms with van der Waals surface area (Å²) in [6, 6.07) is 0.665. The Hall–Kier alpha value is -0.0800. The van der Waals surface area contributed by atoms with Gasteiger partial charge in [-0.25, -0.2) is 0 Å². The van der Waals surface area contributed by atoms with Crippen molar-refractivity contribution in [1.82, 2.24) is 5.32 Å². The minimum atomic E-state index is 0.349. The van der Waals surface area contributed by atoms with Crippen molar-refractivity contribution in [3.05, 3.63) is 0 Å². The highest BCUT2D eigenvalue weighted by Gasteiger charge is 2.17. The summed E-state index contributed by atoms with van der Waals surface area (Å²) < 4.78 is 5.52. The quantitative estimate of drug-likeness (QED) is 0.685. The van der Waals surface area contributed by atoms with Gasteiger partial charge in [-0.1, -0.05) is 20.3 Å². The molecule has 72 valence electrons. The van der Waals surface area contributed by atoms with Crippen LogP contribution in [-0.2, 0) is 4.74 Å². The molecular formula is C10H21NO. The lowest BCUT2D eigenvalue weighted by molar-refractivity contribution is 0.0719. The fourth-order valence-electron chi connectivity index (χ4n) is 1.73. The molecule has 2 heteroatoms. The van der Waals surface area contributed by atoms with Crippen molar-refractivity contribution in [3.63, 3.8) is 0 Å². The Bertz CT molecular complexity index is 110. The van der Waals surface area contributed by atoms with Crippen LogP contribution in [0.3, 0.4) is 0 Å². The first kappa shape index (κ1) is 10.0. The second-order valence-electron chi connectivity index (χ2n) is 3.56. The van der Waals surface area contributed by atoms with Gasteiger partial charge in [0.15, 0.2) is 0 Å². The smallest absolute Gasteiger partial charge is 0.108 e. The number of hydrogen-bond acceptors (Lipinski definition) is 2. The van der Waals surface area contributed by atoms with E-state index in [0.29, 0.717) is 12.3 Å². The Morgan fingerprint density at radius 2 is 2.33 bits per heavy atom. The molecule has 1 N–H and O–H groups in total. The fraction of sp³-hybridized carbons (Fsp3) is 1.00. The molecule has 0 saturated carbocycles. The van der Waals surface area contributed by atoms with Gasteiger partial charge in [-0.3, -0.25) is 5.32 Å². The Morgan fingerprint density at radius 3 is 2.83 bits per heavy atom. The van der Waals surface area contributed by atoms with E-state index >= 15 is 0 Å². The van der Waals surface area contributed by atoms with E-state index in [2.05, 4.69) is 19.2 Å². The average Bonchev–Trinajstić information content (AvgIpc) is 2.56. The lowest BCUT2D eigenvalue weighted by Crippen LogP contribution is -2.37. The molecule has 0 spiro atoms. The van der Waals surface area contributed by atoms with Gasteiger partial charge in [0.05, 0.1) is 0 Å². The van der Waals surface area contributed by atoms with Gasteiger partial charge in [-0.15, -0.1) is 0 Å². The van der Waals surface area contributed by atoms with Crippen LogP contribution in [0.5, 0.6) is 0 Å². The van der Waals surface area contributed by atoms with E-state index in [0.717, 1.165) is 6.61 Å². The molecule has 0 aromatic carbocycles. The molecule has 0 bridgehead atoms. The Balaban J connectivity index is 2.16. The maximum atomic E-state index is 5.52. The third-order valence-electron chi connectivity index (χ3n) is 2.48. The third-order valence-corrected chi connectivity index (χ3v) is 2.48. The van der Waals surface area contributed by atoms with E-state index in [1.54, 1.807) is 0 Å². The van der Waals surface area contributed by atoms with Crippen LogP contribution in [0.4, 0.5) is 0 Å². The van der Waals surface area contributed by atoms with Crippen molar-refractivity contribution in [1.29, 1.82) is 0 Å². The fourth-order valence-corrected chi connectivity index (χ4v) is 1.73. The summed E-state index contributed by atoms with van der Waals surface area (Å²) in [5, 5.41) is 3.54. The highest BCUT2D eigenvalue weighted by Crippen LogP contribution is 2.12. The number of nitrogens with one attached hydrogen (secondary N) is 1. The SMILES string of the molecule is CCCC(CC)NC1CCCO1. The zero-order valence-electron chi connectivity index (χ0n) is 8.31. The largest absolute Gasteiger partial charge is 0.363 e. The summed E-state index contributed by atoms with van der Waals surface area (Å²) in [4.78, 5) is 0. The van der Waals surface area contributed by atoms with Crippen LogP contribution in [0.15, 0.2) is 0 Å². The molecule has 1 aliphatic rings. The predicted molar refractivity (Wildman–Crippen MR) is 51.1 cm³/mol. The van der Waals surface area contributed by atoms with Gasteiger partial charge in [0.1, 0.15) is 6.23 Å². The van der Waals surface area contributed by atoms with Gasteiger partial charge in [0.2, 0.25) is 0 Å². The Kier molecular flexibility index (Phi) is 4.62. The molecule has 1 aliphatic heterocycles. The van der Waals surface area contributed by atoms with Gasteiger partial charge in [0.25, 0.3) is 0 Å².